The number of rotatable bonds is 2. The number of pyridine rings is 1. The fraction of sp³-hybridized carbons (Fsp3) is 0.250. The lowest BCUT2D eigenvalue weighted by molar-refractivity contribution is -0.387. The molecule has 5 nitrogen and oxygen atoms in total. The normalized spacial score (nSPS) is 10.1. The Labute approximate surface area is 83.1 Å². The van der Waals surface area contributed by atoms with Crippen molar-refractivity contribution in [2.24, 2.45) is 0 Å². The largest absolute Gasteiger partial charge is 0.299 e. The maximum atomic E-state index is 12.4. The molecule has 7 heteroatoms. The van der Waals surface area contributed by atoms with Gasteiger partial charge in [-0.15, -0.1) is 0 Å². The average Bonchev–Trinajstić information content (AvgIpc) is 2.15. The van der Waals surface area contributed by atoms with Crippen molar-refractivity contribution in [1.82, 2.24) is 4.98 Å². The van der Waals surface area contributed by atoms with E-state index in [0.717, 1.165) is 6.07 Å². The maximum Gasteiger partial charge on any atom is 0.299 e. The van der Waals surface area contributed by atoms with E-state index in [1.165, 1.54) is 6.92 Å². The van der Waals surface area contributed by atoms with Gasteiger partial charge < -0.3 is 0 Å². The third kappa shape index (κ3) is 2.04. The van der Waals surface area contributed by atoms with E-state index in [2.05, 4.69) is 4.98 Å². The molecular formula is C8H5F2N3O2. The van der Waals surface area contributed by atoms with Gasteiger partial charge in [-0.2, -0.15) is 5.26 Å². The molecule has 1 heterocycles. The molecule has 0 spiro atoms. The number of nitriles is 1. The molecule has 1 aromatic rings. The molecule has 0 radical (unpaired) electrons. The van der Waals surface area contributed by atoms with Gasteiger partial charge in [0.15, 0.2) is 0 Å². The smallest absolute Gasteiger partial charge is 0.258 e. The number of nitro groups is 1. The summed E-state index contributed by atoms with van der Waals surface area (Å²) < 4.78 is 24.9. The predicted octanol–water partition coefficient (Wildman–Crippen LogP) is 2.11. The van der Waals surface area contributed by atoms with E-state index in [-0.39, 0.29) is 11.4 Å². The lowest BCUT2D eigenvalue weighted by Gasteiger charge is -2.03. The lowest BCUT2D eigenvalue weighted by Crippen LogP contribution is -2.02. The van der Waals surface area contributed by atoms with Crippen LogP contribution in [0.3, 0.4) is 0 Å². The van der Waals surface area contributed by atoms with Crippen molar-refractivity contribution < 1.29 is 13.7 Å². The number of halogens is 2. The van der Waals surface area contributed by atoms with Crippen LogP contribution in [0.4, 0.5) is 14.5 Å². The van der Waals surface area contributed by atoms with Gasteiger partial charge in [0.1, 0.15) is 23.0 Å². The van der Waals surface area contributed by atoms with Crippen molar-refractivity contribution in [3.63, 3.8) is 0 Å². The predicted molar refractivity (Wildman–Crippen MR) is 45.3 cm³/mol. The van der Waals surface area contributed by atoms with Crippen molar-refractivity contribution in [3.05, 3.63) is 33.1 Å². The van der Waals surface area contributed by atoms with Crippen LogP contribution < -0.4 is 0 Å². The SMILES string of the molecule is Cc1nc(C#N)cc(C(F)F)c1[N+](=O)[O-]. The highest BCUT2D eigenvalue weighted by Crippen LogP contribution is 2.31. The van der Waals surface area contributed by atoms with Crippen molar-refractivity contribution in [2.45, 2.75) is 13.3 Å². The Hall–Kier alpha value is -2.10. The molecule has 15 heavy (non-hydrogen) atoms. The fourth-order valence-electron chi connectivity index (χ4n) is 1.15. The average molecular weight is 213 g/mol. The van der Waals surface area contributed by atoms with Crippen molar-refractivity contribution in [2.75, 3.05) is 0 Å². The molecule has 1 aromatic heterocycles. The standard InChI is InChI=1S/C8H5F2N3O2/c1-4-7(13(14)15)6(8(9)10)2-5(3-11)12-4/h2,8H,1H3. The van der Waals surface area contributed by atoms with Crippen LogP contribution in [0.15, 0.2) is 6.07 Å². The highest BCUT2D eigenvalue weighted by atomic mass is 19.3. The molecule has 1 rings (SSSR count). The number of alkyl halides is 2. The molecule has 0 saturated heterocycles. The first-order chi connectivity index (χ1) is 6.97. The van der Waals surface area contributed by atoms with Crippen LogP contribution in [0.2, 0.25) is 0 Å². The minimum absolute atomic E-state index is 0.186. The Morgan fingerprint density at radius 2 is 2.27 bits per heavy atom. The van der Waals surface area contributed by atoms with Gasteiger partial charge in [-0.3, -0.25) is 10.1 Å². The number of hydrogen-bond donors (Lipinski definition) is 0. The Morgan fingerprint density at radius 3 is 2.67 bits per heavy atom. The van der Waals surface area contributed by atoms with Crippen LogP contribution >= 0.6 is 0 Å². The van der Waals surface area contributed by atoms with Gasteiger partial charge in [-0.05, 0) is 13.0 Å². The Kier molecular flexibility index (Phi) is 2.90. The number of nitrogens with zero attached hydrogens (tertiary/aromatic N) is 3. The zero-order valence-corrected chi connectivity index (χ0v) is 7.57. The molecule has 0 amide bonds. The number of hydrogen-bond acceptors (Lipinski definition) is 4. The second-order valence-corrected chi connectivity index (χ2v) is 2.70. The lowest BCUT2D eigenvalue weighted by atomic mass is 10.1. The first kappa shape index (κ1) is 11.0. The van der Waals surface area contributed by atoms with Crippen LogP contribution in [0.25, 0.3) is 0 Å². The number of aromatic nitrogens is 1. The van der Waals surface area contributed by atoms with Crippen LogP contribution in [-0.4, -0.2) is 9.91 Å². The highest BCUT2D eigenvalue weighted by molar-refractivity contribution is 5.47. The van der Waals surface area contributed by atoms with Crippen LogP contribution in [0.5, 0.6) is 0 Å². The third-order valence-electron chi connectivity index (χ3n) is 1.73. The van der Waals surface area contributed by atoms with Gasteiger partial charge >= 0.3 is 0 Å². The maximum absolute atomic E-state index is 12.4. The Bertz CT molecular complexity index is 454. The van der Waals surface area contributed by atoms with E-state index in [0.29, 0.717) is 0 Å². The van der Waals surface area contributed by atoms with E-state index in [9.17, 15) is 18.9 Å². The molecule has 0 N–H and O–H groups in total. The van der Waals surface area contributed by atoms with Gasteiger partial charge in [-0.25, -0.2) is 13.8 Å². The molecule has 0 atom stereocenters. The van der Waals surface area contributed by atoms with Crippen LogP contribution in [-0.2, 0) is 0 Å². The summed E-state index contributed by atoms with van der Waals surface area (Å²) in [6.07, 6.45) is -3.00. The van der Waals surface area contributed by atoms with Crippen molar-refractivity contribution >= 4 is 5.69 Å². The molecule has 0 aliphatic heterocycles. The van der Waals surface area contributed by atoms with E-state index in [1.807, 2.05) is 0 Å². The molecule has 0 unspecified atom stereocenters. The molecule has 0 saturated carbocycles. The summed E-state index contributed by atoms with van der Waals surface area (Å²) in [6, 6.07) is 2.29. The van der Waals surface area contributed by atoms with Gasteiger partial charge in [0.05, 0.1) is 4.92 Å². The molecular weight excluding hydrogens is 208 g/mol. The van der Waals surface area contributed by atoms with E-state index >= 15 is 0 Å². The summed E-state index contributed by atoms with van der Waals surface area (Å²) in [4.78, 5) is 13.1. The van der Waals surface area contributed by atoms with E-state index in [4.69, 9.17) is 5.26 Å². The van der Waals surface area contributed by atoms with E-state index < -0.39 is 22.6 Å². The fourth-order valence-corrected chi connectivity index (χ4v) is 1.15. The summed E-state index contributed by atoms with van der Waals surface area (Å²) >= 11 is 0. The van der Waals surface area contributed by atoms with Gasteiger partial charge in [0.25, 0.3) is 12.1 Å². The number of aryl methyl sites for hydroxylation is 1. The zero-order chi connectivity index (χ0) is 11.6. The zero-order valence-electron chi connectivity index (χ0n) is 7.57. The first-order valence-corrected chi connectivity index (χ1v) is 3.81. The summed E-state index contributed by atoms with van der Waals surface area (Å²) in [6.45, 7) is 1.21. The summed E-state index contributed by atoms with van der Waals surface area (Å²) in [5.74, 6) is 0. The van der Waals surface area contributed by atoms with Gasteiger partial charge in [0.2, 0.25) is 0 Å². The third-order valence-corrected chi connectivity index (χ3v) is 1.73. The van der Waals surface area contributed by atoms with Crippen molar-refractivity contribution in [1.29, 1.82) is 5.26 Å². The Morgan fingerprint density at radius 1 is 1.67 bits per heavy atom. The molecule has 0 aliphatic carbocycles. The van der Waals surface area contributed by atoms with Gasteiger partial charge in [-0.1, -0.05) is 0 Å². The van der Waals surface area contributed by atoms with Crippen molar-refractivity contribution in [3.8, 4) is 6.07 Å². The highest BCUT2D eigenvalue weighted by Gasteiger charge is 2.26. The topological polar surface area (TPSA) is 79.8 Å². The monoisotopic (exact) mass is 213 g/mol. The first-order valence-electron chi connectivity index (χ1n) is 3.81. The van der Waals surface area contributed by atoms with Crippen LogP contribution in [0.1, 0.15) is 23.4 Å². The molecule has 0 bridgehead atoms. The minimum atomic E-state index is -3.00. The quantitative estimate of drug-likeness (QED) is 0.556. The molecule has 0 aromatic carbocycles. The van der Waals surface area contributed by atoms with Gasteiger partial charge in [0, 0.05) is 0 Å². The molecule has 0 aliphatic rings. The summed E-state index contributed by atoms with van der Waals surface area (Å²) in [7, 11) is 0. The minimum Gasteiger partial charge on any atom is -0.258 e. The summed E-state index contributed by atoms with van der Waals surface area (Å²) in [5, 5.41) is 19.0. The molecule has 0 fully saturated rings. The molecule has 78 valence electrons. The second kappa shape index (κ2) is 3.96. The summed E-state index contributed by atoms with van der Waals surface area (Å²) in [5.41, 5.74) is -1.95. The van der Waals surface area contributed by atoms with E-state index in [1.54, 1.807) is 6.07 Å². The second-order valence-electron chi connectivity index (χ2n) is 2.70. The Balaban J connectivity index is 3.51. The van der Waals surface area contributed by atoms with Crippen LogP contribution in [0, 0.1) is 28.4 Å².